The van der Waals surface area contributed by atoms with Crippen LogP contribution < -0.4 is 5.32 Å². The van der Waals surface area contributed by atoms with Crippen LogP contribution in [-0.2, 0) is 0 Å². The Bertz CT molecular complexity index is 188. The largest absolute Gasteiger partial charge is 0.299 e. The Labute approximate surface area is 89.7 Å². The lowest BCUT2D eigenvalue weighted by molar-refractivity contribution is 0.333. The van der Waals surface area contributed by atoms with Crippen LogP contribution in [0.5, 0.6) is 0 Å². The van der Waals surface area contributed by atoms with E-state index in [1.807, 2.05) is 0 Å². The first-order valence-electron chi connectivity index (χ1n) is 5.70. The Morgan fingerprint density at radius 1 is 1.29 bits per heavy atom. The zero-order valence-electron chi connectivity index (χ0n) is 10.4. The lowest BCUT2D eigenvalue weighted by Crippen LogP contribution is -2.45. The summed E-state index contributed by atoms with van der Waals surface area (Å²) in [6, 6.07) is 0.552. The molecule has 0 rings (SSSR count). The van der Waals surface area contributed by atoms with Gasteiger partial charge in [0.15, 0.2) is 0 Å². The highest BCUT2D eigenvalue weighted by Crippen LogP contribution is 2.14. The molecule has 1 heteroatoms. The van der Waals surface area contributed by atoms with Crippen molar-refractivity contribution in [1.29, 1.82) is 0 Å². The number of rotatable bonds is 6. The molecule has 0 aliphatic rings. The number of hydrogen-bond donors (Lipinski definition) is 1. The minimum absolute atomic E-state index is 0.172. The molecule has 14 heavy (non-hydrogen) atoms. The second-order valence-electron chi connectivity index (χ2n) is 4.77. The summed E-state index contributed by atoms with van der Waals surface area (Å²) in [5.41, 5.74) is -0.172. The summed E-state index contributed by atoms with van der Waals surface area (Å²) in [5.74, 6) is 3.56. The molecule has 0 aromatic rings. The van der Waals surface area contributed by atoms with Gasteiger partial charge in [-0.2, -0.15) is 0 Å². The average molecular weight is 195 g/mol. The van der Waals surface area contributed by atoms with Crippen LogP contribution in [0.3, 0.4) is 0 Å². The molecule has 0 heterocycles. The van der Waals surface area contributed by atoms with Crippen LogP contribution in [0.2, 0.25) is 0 Å². The highest BCUT2D eigenvalue weighted by molar-refractivity contribution is 5.08. The minimum atomic E-state index is -0.172. The Morgan fingerprint density at radius 3 is 2.21 bits per heavy atom. The molecule has 0 spiro atoms. The summed E-state index contributed by atoms with van der Waals surface area (Å²) in [5, 5.41) is 3.52. The third-order valence-corrected chi connectivity index (χ3v) is 2.80. The maximum atomic E-state index is 5.46. The van der Waals surface area contributed by atoms with Gasteiger partial charge in [-0.1, -0.05) is 33.1 Å². The first kappa shape index (κ1) is 13.5. The molecule has 82 valence electrons. The first-order chi connectivity index (χ1) is 6.45. The predicted molar refractivity (Wildman–Crippen MR) is 64.2 cm³/mol. The average Bonchev–Trinajstić information content (AvgIpc) is 2.16. The van der Waals surface area contributed by atoms with Crippen molar-refractivity contribution >= 4 is 0 Å². The van der Waals surface area contributed by atoms with Crippen LogP contribution in [0.1, 0.15) is 53.9 Å². The van der Waals surface area contributed by atoms with Crippen LogP contribution in [0.15, 0.2) is 0 Å². The van der Waals surface area contributed by atoms with Crippen molar-refractivity contribution in [2.45, 2.75) is 65.5 Å². The molecule has 1 N–H and O–H groups in total. The van der Waals surface area contributed by atoms with E-state index in [4.69, 9.17) is 6.42 Å². The van der Waals surface area contributed by atoms with E-state index in [2.05, 4.69) is 45.9 Å². The van der Waals surface area contributed by atoms with Crippen molar-refractivity contribution in [2.24, 2.45) is 5.92 Å². The van der Waals surface area contributed by atoms with Gasteiger partial charge in [-0.3, -0.25) is 5.32 Å². The van der Waals surface area contributed by atoms with Gasteiger partial charge in [-0.15, -0.1) is 6.42 Å². The second-order valence-corrected chi connectivity index (χ2v) is 4.77. The van der Waals surface area contributed by atoms with Crippen LogP contribution in [0, 0.1) is 18.3 Å². The highest BCUT2D eigenvalue weighted by atomic mass is 15.0. The lowest BCUT2D eigenvalue weighted by Gasteiger charge is -2.28. The molecule has 2 unspecified atom stereocenters. The molecule has 0 fully saturated rings. The van der Waals surface area contributed by atoms with E-state index in [-0.39, 0.29) is 5.54 Å². The SMILES string of the molecule is C#CC(C)(C)NC(CC)CC(C)CC. The number of hydrogen-bond acceptors (Lipinski definition) is 1. The van der Waals surface area contributed by atoms with E-state index >= 15 is 0 Å². The van der Waals surface area contributed by atoms with Crippen molar-refractivity contribution in [2.75, 3.05) is 0 Å². The van der Waals surface area contributed by atoms with Gasteiger partial charge in [-0.25, -0.2) is 0 Å². The smallest absolute Gasteiger partial charge is 0.0743 e. The fourth-order valence-electron chi connectivity index (χ4n) is 1.53. The molecule has 0 aromatic heterocycles. The molecule has 0 aliphatic carbocycles. The maximum Gasteiger partial charge on any atom is 0.0743 e. The maximum absolute atomic E-state index is 5.46. The summed E-state index contributed by atoms with van der Waals surface area (Å²) in [6.45, 7) is 10.9. The summed E-state index contributed by atoms with van der Waals surface area (Å²) in [4.78, 5) is 0. The third-order valence-electron chi connectivity index (χ3n) is 2.80. The number of nitrogens with one attached hydrogen (secondary N) is 1. The zero-order valence-corrected chi connectivity index (χ0v) is 10.4. The van der Waals surface area contributed by atoms with Gasteiger partial charge >= 0.3 is 0 Å². The molecule has 0 aromatic carbocycles. The zero-order chi connectivity index (χ0) is 11.2. The summed E-state index contributed by atoms with van der Waals surface area (Å²) < 4.78 is 0. The molecule has 0 amide bonds. The summed E-state index contributed by atoms with van der Waals surface area (Å²) in [6.07, 6.45) is 9.07. The predicted octanol–water partition coefficient (Wildman–Crippen LogP) is 3.20. The Hall–Kier alpha value is -0.480. The monoisotopic (exact) mass is 195 g/mol. The van der Waals surface area contributed by atoms with Gasteiger partial charge in [0.2, 0.25) is 0 Å². The molecule has 1 nitrogen and oxygen atoms in total. The minimum Gasteiger partial charge on any atom is -0.299 e. The van der Waals surface area contributed by atoms with Crippen LogP contribution in [-0.4, -0.2) is 11.6 Å². The van der Waals surface area contributed by atoms with Gasteiger partial charge in [-0.05, 0) is 32.6 Å². The quantitative estimate of drug-likeness (QED) is 0.642. The van der Waals surface area contributed by atoms with Gasteiger partial charge in [0.25, 0.3) is 0 Å². The molecular formula is C13H25N. The van der Waals surface area contributed by atoms with Crippen molar-refractivity contribution in [1.82, 2.24) is 5.32 Å². The normalized spacial score (nSPS) is 16.0. The summed E-state index contributed by atoms with van der Waals surface area (Å²) >= 11 is 0. The lowest BCUT2D eigenvalue weighted by atomic mass is 9.95. The van der Waals surface area contributed by atoms with Gasteiger partial charge < -0.3 is 0 Å². The fourth-order valence-corrected chi connectivity index (χ4v) is 1.53. The fraction of sp³-hybridized carbons (Fsp3) is 0.846. The van der Waals surface area contributed by atoms with Crippen molar-refractivity contribution in [3.8, 4) is 12.3 Å². The van der Waals surface area contributed by atoms with E-state index < -0.39 is 0 Å². The molecular weight excluding hydrogens is 170 g/mol. The standard InChI is InChI=1S/C13H25N/c1-7-11(4)10-12(8-2)14-13(5,6)9-3/h3,11-12,14H,7-8,10H2,1-2,4-6H3. The molecule has 0 bridgehead atoms. The Balaban J connectivity index is 4.11. The summed E-state index contributed by atoms with van der Waals surface area (Å²) in [7, 11) is 0. The molecule has 0 radical (unpaired) electrons. The van der Waals surface area contributed by atoms with Crippen molar-refractivity contribution < 1.29 is 0 Å². The van der Waals surface area contributed by atoms with E-state index in [1.54, 1.807) is 0 Å². The Morgan fingerprint density at radius 2 is 1.86 bits per heavy atom. The Kier molecular flexibility index (Phi) is 5.88. The molecule has 2 atom stereocenters. The second kappa shape index (κ2) is 6.09. The van der Waals surface area contributed by atoms with E-state index in [0.717, 1.165) is 12.3 Å². The van der Waals surface area contributed by atoms with Crippen molar-refractivity contribution in [3.05, 3.63) is 0 Å². The van der Waals surface area contributed by atoms with Gasteiger partial charge in [0.05, 0.1) is 5.54 Å². The number of terminal acetylenes is 1. The highest BCUT2D eigenvalue weighted by Gasteiger charge is 2.19. The van der Waals surface area contributed by atoms with Gasteiger partial charge in [0.1, 0.15) is 0 Å². The van der Waals surface area contributed by atoms with Crippen LogP contribution in [0.4, 0.5) is 0 Å². The molecule has 0 saturated carbocycles. The topological polar surface area (TPSA) is 12.0 Å². The van der Waals surface area contributed by atoms with E-state index in [1.165, 1.54) is 12.8 Å². The van der Waals surface area contributed by atoms with Crippen LogP contribution >= 0.6 is 0 Å². The van der Waals surface area contributed by atoms with Gasteiger partial charge in [0, 0.05) is 6.04 Å². The molecule has 0 aliphatic heterocycles. The third kappa shape index (κ3) is 5.29. The van der Waals surface area contributed by atoms with E-state index in [0.29, 0.717) is 6.04 Å². The first-order valence-corrected chi connectivity index (χ1v) is 5.70. The van der Waals surface area contributed by atoms with Crippen LogP contribution in [0.25, 0.3) is 0 Å². The molecule has 0 saturated heterocycles. The van der Waals surface area contributed by atoms with Crippen molar-refractivity contribution in [3.63, 3.8) is 0 Å². The van der Waals surface area contributed by atoms with E-state index in [9.17, 15) is 0 Å².